The fourth-order valence-corrected chi connectivity index (χ4v) is 3.18. The summed E-state index contributed by atoms with van der Waals surface area (Å²) in [7, 11) is 0. The van der Waals surface area contributed by atoms with Gasteiger partial charge in [0.1, 0.15) is 10.8 Å². The molecule has 2 heterocycles. The van der Waals surface area contributed by atoms with E-state index < -0.39 is 65.0 Å². The molecule has 0 N–H and O–H groups in total. The highest BCUT2D eigenvalue weighted by molar-refractivity contribution is 5.91. The van der Waals surface area contributed by atoms with Crippen LogP contribution in [-0.2, 0) is 0 Å². The number of nitro benzene ring substituents is 2. The molecule has 138 valence electrons. The lowest BCUT2D eigenvalue weighted by molar-refractivity contribution is -0.383. The Bertz CT molecular complexity index is 1480. The monoisotopic (exact) mass is 382 g/mol. The van der Waals surface area contributed by atoms with Crippen LogP contribution in [-0.4, -0.2) is 18.9 Å². The quantitative estimate of drug-likeness (QED) is 0.266. The minimum atomic E-state index is -1.25. The average molecular weight is 382 g/mol. The fourth-order valence-electron chi connectivity index (χ4n) is 3.18. The van der Waals surface area contributed by atoms with Crippen molar-refractivity contribution < 1.29 is 9.85 Å². The zero-order valence-electron chi connectivity index (χ0n) is 13.5. The van der Waals surface area contributed by atoms with E-state index in [1.807, 2.05) is 0 Å². The summed E-state index contributed by atoms with van der Waals surface area (Å²) in [5, 5.41) is 20.3. The zero-order chi connectivity index (χ0) is 20.3. The van der Waals surface area contributed by atoms with Gasteiger partial charge in [0.05, 0.1) is 20.6 Å². The molecule has 0 bridgehead atoms. The molecule has 12 nitrogen and oxygen atoms in total. The van der Waals surface area contributed by atoms with Crippen molar-refractivity contribution in [2.24, 2.45) is 0 Å². The van der Waals surface area contributed by atoms with Crippen LogP contribution in [0.2, 0.25) is 0 Å². The first kappa shape index (κ1) is 17.0. The Morgan fingerprint density at radius 1 is 0.607 bits per heavy atom. The Morgan fingerprint density at radius 2 is 0.964 bits per heavy atom. The van der Waals surface area contributed by atoms with E-state index in [0.29, 0.717) is 0 Å². The summed E-state index contributed by atoms with van der Waals surface area (Å²) in [5.74, 6) is 0. The largest absolute Gasteiger partial charge is 0.288 e. The molecule has 0 radical (unpaired) electrons. The second kappa shape index (κ2) is 5.51. The van der Waals surface area contributed by atoms with Crippen LogP contribution in [0.5, 0.6) is 0 Å². The lowest BCUT2D eigenvalue weighted by atomic mass is 10.1. The number of rotatable bonds is 2. The van der Waals surface area contributed by atoms with Gasteiger partial charge in [-0.05, 0) is 12.1 Å². The highest BCUT2D eigenvalue weighted by atomic mass is 16.6. The van der Waals surface area contributed by atoms with Gasteiger partial charge in [-0.15, -0.1) is 0 Å². The van der Waals surface area contributed by atoms with Crippen LogP contribution in [0.3, 0.4) is 0 Å². The van der Waals surface area contributed by atoms with E-state index in [1.54, 1.807) is 0 Å². The van der Waals surface area contributed by atoms with Gasteiger partial charge >= 0.3 is 0 Å². The Labute approximate surface area is 150 Å². The Hall–Kier alpha value is -4.48. The fraction of sp³-hybridized carbons (Fsp3) is 0. The molecule has 0 saturated heterocycles. The SMILES string of the molecule is O=c1c2cccc([N+](=O)[O-])c2c(=O)n2c(=O)c3cccc([N+](=O)[O-])c3c(=O)n12. The van der Waals surface area contributed by atoms with Crippen molar-refractivity contribution >= 4 is 32.9 Å². The van der Waals surface area contributed by atoms with Gasteiger partial charge in [0.25, 0.3) is 33.6 Å². The summed E-state index contributed by atoms with van der Waals surface area (Å²) in [6.07, 6.45) is 0. The molecule has 0 unspecified atom stereocenters. The highest BCUT2D eigenvalue weighted by Gasteiger charge is 2.25. The van der Waals surface area contributed by atoms with E-state index in [4.69, 9.17) is 0 Å². The van der Waals surface area contributed by atoms with E-state index in [-0.39, 0.29) is 9.03 Å². The number of non-ortho nitro benzene ring substituents is 2. The normalized spacial score (nSPS) is 11.3. The molecule has 2 aromatic heterocycles. The molecule has 0 fully saturated rings. The first-order chi connectivity index (χ1) is 13.3. The number of hydrogen-bond acceptors (Lipinski definition) is 8. The van der Waals surface area contributed by atoms with Gasteiger partial charge in [-0.1, -0.05) is 12.1 Å². The van der Waals surface area contributed by atoms with E-state index >= 15 is 0 Å². The molecule has 0 atom stereocenters. The molecular formula is C16H6N4O8. The Balaban J connectivity index is 2.48. The summed E-state index contributed by atoms with van der Waals surface area (Å²) in [6.45, 7) is 0. The molecule has 4 aromatic rings. The van der Waals surface area contributed by atoms with Crippen LogP contribution in [0.15, 0.2) is 55.6 Å². The number of hydrogen-bond donors (Lipinski definition) is 0. The minimum Gasteiger partial charge on any atom is -0.267 e. The molecule has 12 heteroatoms. The van der Waals surface area contributed by atoms with Crippen LogP contribution < -0.4 is 22.2 Å². The van der Waals surface area contributed by atoms with Crippen molar-refractivity contribution in [1.82, 2.24) is 9.03 Å². The van der Waals surface area contributed by atoms with Gasteiger partial charge < -0.3 is 0 Å². The predicted molar refractivity (Wildman–Crippen MR) is 95.4 cm³/mol. The van der Waals surface area contributed by atoms with Crippen molar-refractivity contribution in [3.63, 3.8) is 0 Å². The van der Waals surface area contributed by atoms with Crippen molar-refractivity contribution in [3.05, 3.63) is 98.0 Å². The number of nitrogens with zero attached hydrogens (tertiary/aromatic N) is 4. The van der Waals surface area contributed by atoms with Crippen molar-refractivity contribution in [2.45, 2.75) is 0 Å². The van der Waals surface area contributed by atoms with Crippen LogP contribution in [0.25, 0.3) is 21.5 Å². The third-order valence-corrected chi connectivity index (χ3v) is 4.34. The number of benzene rings is 2. The summed E-state index contributed by atoms with van der Waals surface area (Å²) >= 11 is 0. The summed E-state index contributed by atoms with van der Waals surface area (Å²) < 4.78 is 0.345. The van der Waals surface area contributed by atoms with Crippen LogP contribution in [0.1, 0.15) is 0 Å². The standard InChI is InChI=1S/C16H6N4O8/c21-13-7-3-1-5-9(19(25)26)11(7)15(23)18-14(22)8-4-2-6-10(20(27)28)12(8)16(24)17(13)18/h1-6H. The van der Waals surface area contributed by atoms with Crippen molar-refractivity contribution in [2.75, 3.05) is 0 Å². The van der Waals surface area contributed by atoms with Gasteiger partial charge in [-0.3, -0.25) is 39.4 Å². The molecule has 0 saturated carbocycles. The zero-order valence-corrected chi connectivity index (χ0v) is 13.5. The molecule has 0 aliphatic rings. The maximum absolute atomic E-state index is 12.8. The van der Waals surface area contributed by atoms with Gasteiger partial charge in [-0.2, -0.15) is 9.03 Å². The van der Waals surface area contributed by atoms with Crippen LogP contribution in [0, 0.1) is 20.2 Å². The molecule has 4 rings (SSSR count). The molecule has 0 aliphatic carbocycles. The Morgan fingerprint density at radius 3 is 1.29 bits per heavy atom. The second-order valence-electron chi connectivity index (χ2n) is 5.76. The van der Waals surface area contributed by atoms with Crippen LogP contribution in [0.4, 0.5) is 11.4 Å². The van der Waals surface area contributed by atoms with E-state index in [9.17, 15) is 39.4 Å². The summed E-state index contributed by atoms with van der Waals surface area (Å²) in [5.41, 5.74) is -6.28. The van der Waals surface area contributed by atoms with Gasteiger partial charge in [0, 0.05) is 12.1 Å². The first-order valence-corrected chi connectivity index (χ1v) is 7.58. The number of fused-ring (bicyclic) bond motifs is 3. The molecule has 2 aromatic carbocycles. The Kier molecular flexibility index (Phi) is 3.34. The lowest BCUT2D eigenvalue weighted by Gasteiger charge is -2.06. The number of aromatic nitrogens is 2. The van der Waals surface area contributed by atoms with E-state index in [2.05, 4.69) is 0 Å². The summed E-state index contributed by atoms with van der Waals surface area (Å²) in [6, 6.07) is 6.43. The summed E-state index contributed by atoms with van der Waals surface area (Å²) in [4.78, 5) is 71.9. The third-order valence-electron chi connectivity index (χ3n) is 4.34. The molecule has 0 aliphatic heterocycles. The second-order valence-corrected chi connectivity index (χ2v) is 5.76. The maximum atomic E-state index is 12.8. The average Bonchev–Trinajstić information content (AvgIpc) is 2.67. The van der Waals surface area contributed by atoms with Crippen molar-refractivity contribution in [3.8, 4) is 0 Å². The maximum Gasteiger partial charge on any atom is 0.288 e. The van der Waals surface area contributed by atoms with E-state index in [1.165, 1.54) is 0 Å². The highest BCUT2D eigenvalue weighted by Crippen LogP contribution is 2.21. The van der Waals surface area contributed by atoms with Gasteiger partial charge in [0.2, 0.25) is 0 Å². The molecular weight excluding hydrogens is 376 g/mol. The molecule has 28 heavy (non-hydrogen) atoms. The van der Waals surface area contributed by atoms with E-state index in [0.717, 1.165) is 36.4 Å². The topological polar surface area (TPSA) is 163 Å². The van der Waals surface area contributed by atoms with Gasteiger partial charge in [-0.25, -0.2) is 0 Å². The smallest absolute Gasteiger partial charge is 0.267 e. The lowest BCUT2D eigenvalue weighted by Crippen LogP contribution is -2.45. The third kappa shape index (κ3) is 1.99. The predicted octanol–water partition coefficient (Wildman–Crippen LogP) is 0.0402. The minimum absolute atomic E-state index is 0.173. The van der Waals surface area contributed by atoms with Crippen LogP contribution >= 0.6 is 0 Å². The molecule has 0 amide bonds. The first-order valence-electron chi connectivity index (χ1n) is 7.58. The molecule has 0 spiro atoms. The number of nitro groups is 2. The van der Waals surface area contributed by atoms with Crippen molar-refractivity contribution in [1.29, 1.82) is 0 Å². The van der Waals surface area contributed by atoms with Gasteiger partial charge in [0.15, 0.2) is 0 Å².